The number of hydrogen-bond donors (Lipinski definition) is 2. The molecule has 1 aromatic carbocycles. The minimum atomic E-state index is -0.377. The van der Waals surface area contributed by atoms with Gasteiger partial charge in [-0.05, 0) is 38.1 Å². The van der Waals surface area contributed by atoms with Crippen LogP contribution in [0.1, 0.15) is 12.8 Å². The van der Waals surface area contributed by atoms with Crippen molar-refractivity contribution in [3.8, 4) is 5.75 Å². The molecule has 0 radical (unpaired) electrons. The van der Waals surface area contributed by atoms with Crippen molar-refractivity contribution in [2.75, 3.05) is 43.9 Å². The molecule has 3 rings (SSSR count). The highest BCUT2D eigenvalue weighted by Gasteiger charge is 2.11. The zero-order valence-corrected chi connectivity index (χ0v) is 13.8. The first-order valence-electron chi connectivity index (χ1n) is 8.16. The van der Waals surface area contributed by atoms with Gasteiger partial charge in [-0.1, -0.05) is 0 Å². The Kier molecular flexibility index (Phi) is 5.43. The third-order valence-corrected chi connectivity index (χ3v) is 4.00. The zero-order valence-electron chi connectivity index (χ0n) is 13.8. The molecule has 7 heteroatoms. The number of benzene rings is 1. The van der Waals surface area contributed by atoms with Crippen LogP contribution in [0.25, 0.3) is 0 Å². The van der Waals surface area contributed by atoms with Crippen molar-refractivity contribution in [2.24, 2.45) is 0 Å². The molecule has 0 unspecified atom stereocenters. The number of likely N-dealkylation sites (tertiary alicyclic amines) is 1. The Morgan fingerprint density at radius 3 is 2.71 bits per heavy atom. The van der Waals surface area contributed by atoms with Crippen LogP contribution in [0.2, 0.25) is 0 Å². The summed E-state index contributed by atoms with van der Waals surface area (Å²) in [6, 6.07) is 6.52. The summed E-state index contributed by atoms with van der Waals surface area (Å²) in [4.78, 5) is 10.5. The van der Waals surface area contributed by atoms with Gasteiger partial charge in [0, 0.05) is 25.7 Å². The maximum absolute atomic E-state index is 14.2. The number of anilines is 3. The molecule has 1 aliphatic heterocycles. The summed E-state index contributed by atoms with van der Waals surface area (Å²) >= 11 is 0. The van der Waals surface area contributed by atoms with E-state index in [1.165, 1.54) is 25.2 Å². The van der Waals surface area contributed by atoms with E-state index in [9.17, 15) is 4.39 Å². The summed E-state index contributed by atoms with van der Waals surface area (Å²) in [5.41, 5.74) is 0.350. The first kappa shape index (κ1) is 16.4. The van der Waals surface area contributed by atoms with Gasteiger partial charge in [-0.3, -0.25) is 4.90 Å². The van der Waals surface area contributed by atoms with Gasteiger partial charge in [-0.25, -0.2) is 14.4 Å². The van der Waals surface area contributed by atoms with Crippen LogP contribution in [-0.4, -0.2) is 48.2 Å². The number of halogens is 1. The third-order valence-electron chi connectivity index (χ3n) is 4.00. The summed E-state index contributed by atoms with van der Waals surface area (Å²) in [5.74, 6) is 1.35. The van der Waals surface area contributed by atoms with Crippen molar-refractivity contribution in [1.29, 1.82) is 0 Å². The van der Waals surface area contributed by atoms with Crippen molar-refractivity contribution < 1.29 is 9.13 Å². The van der Waals surface area contributed by atoms with E-state index >= 15 is 0 Å². The Morgan fingerprint density at radius 1 is 1.17 bits per heavy atom. The van der Waals surface area contributed by atoms with Gasteiger partial charge in [-0.2, -0.15) is 0 Å². The lowest BCUT2D eigenvalue weighted by Gasteiger charge is -2.15. The summed E-state index contributed by atoms with van der Waals surface area (Å²) in [7, 11) is 1.76. The van der Waals surface area contributed by atoms with Crippen molar-refractivity contribution in [3.63, 3.8) is 0 Å². The predicted octanol–water partition coefficient (Wildman–Crippen LogP) is 2.88. The Morgan fingerprint density at radius 2 is 1.96 bits per heavy atom. The SMILES string of the molecule is CNc1cc(Nc2ccc(OCCN3CCCC3)cc2F)ncn1. The molecule has 0 aliphatic carbocycles. The maximum atomic E-state index is 14.2. The van der Waals surface area contributed by atoms with Crippen LogP contribution in [0.5, 0.6) is 5.75 Å². The van der Waals surface area contributed by atoms with Crippen molar-refractivity contribution in [3.05, 3.63) is 36.4 Å². The van der Waals surface area contributed by atoms with Crippen molar-refractivity contribution in [2.45, 2.75) is 12.8 Å². The lowest BCUT2D eigenvalue weighted by molar-refractivity contribution is 0.237. The largest absolute Gasteiger partial charge is 0.492 e. The highest BCUT2D eigenvalue weighted by Crippen LogP contribution is 2.24. The van der Waals surface area contributed by atoms with Gasteiger partial charge in [0.25, 0.3) is 0 Å². The third kappa shape index (κ3) is 4.32. The summed E-state index contributed by atoms with van der Waals surface area (Å²) < 4.78 is 19.9. The Labute approximate surface area is 141 Å². The second-order valence-electron chi connectivity index (χ2n) is 5.70. The smallest absolute Gasteiger partial charge is 0.150 e. The normalized spacial score (nSPS) is 14.6. The molecule has 24 heavy (non-hydrogen) atoms. The molecule has 0 saturated carbocycles. The molecule has 0 amide bonds. The van der Waals surface area contributed by atoms with E-state index < -0.39 is 0 Å². The lowest BCUT2D eigenvalue weighted by Crippen LogP contribution is -2.25. The first-order chi connectivity index (χ1) is 11.7. The minimum Gasteiger partial charge on any atom is -0.492 e. The fraction of sp³-hybridized carbons (Fsp3) is 0.412. The number of ether oxygens (including phenoxy) is 1. The van der Waals surface area contributed by atoms with Gasteiger partial charge < -0.3 is 15.4 Å². The van der Waals surface area contributed by atoms with Crippen molar-refractivity contribution >= 4 is 17.3 Å². The van der Waals surface area contributed by atoms with E-state index in [1.54, 1.807) is 25.2 Å². The molecule has 1 fully saturated rings. The summed E-state index contributed by atoms with van der Waals surface area (Å²) in [6.45, 7) is 3.72. The average molecular weight is 331 g/mol. The van der Waals surface area contributed by atoms with Crippen LogP contribution in [0.4, 0.5) is 21.7 Å². The molecule has 2 aromatic rings. The van der Waals surface area contributed by atoms with Gasteiger partial charge in [0.1, 0.15) is 36.1 Å². The van der Waals surface area contributed by atoms with Gasteiger partial charge >= 0.3 is 0 Å². The summed E-state index contributed by atoms with van der Waals surface area (Å²) in [6.07, 6.45) is 3.93. The number of hydrogen-bond acceptors (Lipinski definition) is 6. The standard InChI is InChI=1S/C17H22FN5O/c1-19-16-11-17(21-12-20-16)22-15-5-4-13(10-14(15)18)24-9-8-23-6-2-3-7-23/h4-5,10-12H,2-3,6-9H2,1H3,(H2,19,20,21,22). The van der Waals surface area contributed by atoms with E-state index in [0.717, 1.165) is 19.6 Å². The van der Waals surface area contributed by atoms with E-state index in [1.807, 2.05) is 0 Å². The Hall–Kier alpha value is -2.41. The number of aromatic nitrogens is 2. The molecule has 1 saturated heterocycles. The Balaban J connectivity index is 1.57. The molecule has 6 nitrogen and oxygen atoms in total. The highest BCUT2D eigenvalue weighted by molar-refractivity contribution is 5.60. The van der Waals surface area contributed by atoms with Crippen LogP contribution < -0.4 is 15.4 Å². The Bertz CT molecular complexity index is 676. The maximum Gasteiger partial charge on any atom is 0.150 e. The quantitative estimate of drug-likeness (QED) is 0.813. The molecule has 0 atom stereocenters. The molecule has 128 valence electrons. The van der Waals surface area contributed by atoms with Crippen LogP contribution in [0, 0.1) is 5.82 Å². The van der Waals surface area contributed by atoms with E-state index in [2.05, 4.69) is 25.5 Å². The molecule has 0 bridgehead atoms. The monoisotopic (exact) mass is 331 g/mol. The number of nitrogens with one attached hydrogen (secondary N) is 2. The van der Waals surface area contributed by atoms with Gasteiger partial charge in [0.2, 0.25) is 0 Å². The highest BCUT2D eigenvalue weighted by atomic mass is 19.1. The fourth-order valence-corrected chi connectivity index (χ4v) is 2.69. The zero-order chi connectivity index (χ0) is 16.8. The fourth-order valence-electron chi connectivity index (χ4n) is 2.69. The molecule has 2 N–H and O–H groups in total. The van der Waals surface area contributed by atoms with Crippen LogP contribution in [-0.2, 0) is 0 Å². The van der Waals surface area contributed by atoms with Crippen LogP contribution >= 0.6 is 0 Å². The minimum absolute atomic E-state index is 0.350. The van der Waals surface area contributed by atoms with Gasteiger partial charge in [-0.15, -0.1) is 0 Å². The molecule has 0 spiro atoms. The molecule has 1 aliphatic rings. The van der Waals surface area contributed by atoms with Crippen LogP contribution in [0.15, 0.2) is 30.6 Å². The van der Waals surface area contributed by atoms with E-state index in [-0.39, 0.29) is 5.82 Å². The first-order valence-corrected chi connectivity index (χ1v) is 8.16. The predicted molar refractivity (Wildman–Crippen MR) is 92.4 cm³/mol. The van der Waals surface area contributed by atoms with E-state index in [4.69, 9.17) is 4.74 Å². The van der Waals surface area contributed by atoms with Crippen molar-refractivity contribution in [1.82, 2.24) is 14.9 Å². The lowest BCUT2D eigenvalue weighted by atomic mass is 10.3. The van der Waals surface area contributed by atoms with Crippen LogP contribution in [0.3, 0.4) is 0 Å². The van der Waals surface area contributed by atoms with Gasteiger partial charge in [0.15, 0.2) is 0 Å². The second kappa shape index (κ2) is 7.92. The molecular formula is C17H22FN5O. The van der Waals surface area contributed by atoms with E-state index in [0.29, 0.717) is 29.7 Å². The molecule has 2 heterocycles. The number of nitrogens with zero attached hydrogens (tertiary/aromatic N) is 3. The summed E-state index contributed by atoms with van der Waals surface area (Å²) in [5, 5.41) is 5.86. The second-order valence-corrected chi connectivity index (χ2v) is 5.70. The molecular weight excluding hydrogens is 309 g/mol. The topological polar surface area (TPSA) is 62.3 Å². The molecule has 1 aromatic heterocycles. The average Bonchev–Trinajstić information content (AvgIpc) is 3.11. The number of rotatable bonds is 7. The van der Waals surface area contributed by atoms with Gasteiger partial charge in [0.05, 0.1) is 5.69 Å².